The highest BCUT2D eigenvalue weighted by Gasteiger charge is 2.12. The van der Waals surface area contributed by atoms with E-state index in [9.17, 15) is 19.1 Å². The van der Waals surface area contributed by atoms with E-state index in [4.69, 9.17) is 0 Å². The van der Waals surface area contributed by atoms with Gasteiger partial charge in [0.1, 0.15) is 11.6 Å². The Morgan fingerprint density at radius 2 is 1.71 bits per heavy atom. The molecule has 6 heteroatoms. The van der Waals surface area contributed by atoms with Gasteiger partial charge in [-0.25, -0.2) is 4.39 Å². The van der Waals surface area contributed by atoms with Crippen molar-refractivity contribution < 1.29 is 19.1 Å². The number of carbonyl (C=O) groups excluding carboxylic acids is 2. The highest BCUT2D eigenvalue weighted by atomic mass is 19.1. The first-order valence-electron chi connectivity index (χ1n) is 6.14. The molecule has 0 aliphatic carbocycles. The summed E-state index contributed by atoms with van der Waals surface area (Å²) in [6.45, 7) is 1.58. The van der Waals surface area contributed by atoms with Gasteiger partial charge in [0.15, 0.2) is 0 Å². The van der Waals surface area contributed by atoms with Gasteiger partial charge in [0, 0.05) is 5.56 Å². The van der Waals surface area contributed by atoms with E-state index in [1.165, 1.54) is 24.3 Å². The number of phenols is 1. The van der Waals surface area contributed by atoms with Crippen molar-refractivity contribution in [2.24, 2.45) is 0 Å². The minimum absolute atomic E-state index is 0.0212. The first-order chi connectivity index (χ1) is 9.99. The summed E-state index contributed by atoms with van der Waals surface area (Å²) in [5.74, 6) is -2.04. The Hall–Kier alpha value is -2.89. The third-order valence-corrected chi connectivity index (χ3v) is 2.87. The van der Waals surface area contributed by atoms with Crippen LogP contribution in [-0.2, 0) is 0 Å². The molecule has 0 unspecified atom stereocenters. The summed E-state index contributed by atoms with van der Waals surface area (Å²) in [7, 11) is 0. The number of aromatic hydroxyl groups is 1. The fraction of sp³-hybridized carbons (Fsp3) is 0.0667. The molecule has 3 N–H and O–H groups in total. The van der Waals surface area contributed by atoms with Crippen molar-refractivity contribution >= 4 is 11.8 Å². The summed E-state index contributed by atoms with van der Waals surface area (Å²) in [6, 6.07) is 9.89. The van der Waals surface area contributed by atoms with Gasteiger partial charge in [-0.3, -0.25) is 20.4 Å². The maximum atomic E-state index is 13.4. The van der Waals surface area contributed by atoms with E-state index in [0.717, 1.165) is 6.07 Å². The number of rotatable bonds is 2. The number of benzene rings is 2. The number of nitrogens with one attached hydrogen (secondary N) is 2. The summed E-state index contributed by atoms with van der Waals surface area (Å²) in [6.07, 6.45) is 0. The Bertz CT molecular complexity index is 701. The predicted molar refractivity (Wildman–Crippen MR) is 74.2 cm³/mol. The van der Waals surface area contributed by atoms with Crippen molar-refractivity contribution in [3.05, 3.63) is 65.0 Å². The number of hydrogen-bond donors (Lipinski definition) is 3. The van der Waals surface area contributed by atoms with Crippen molar-refractivity contribution in [3.63, 3.8) is 0 Å². The Morgan fingerprint density at radius 1 is 1.05 bits per heavy atom. The molecule has 0 heterocycles. The van der Waals surface area contributed by atoms with Crippen LogP contribution in [-0.4, -0.2) is 16.9 Å². The number of phenolic OH excluding ortho intramolecular Hbond substituents is 1. The number of para-hydroxylation sites is 1. The molecule has 21 heavy (non-hydrogen) atoms. The monoisotopic (exact) mass is 288 g/mol. The molecule has 2 rings (SSSR count). The second-order valence-corrected chi connectivity index (χ2v) is 4.39. The maximum Gasteiger partial charge on any atom is 0.273 e. The fourth-order valence-electron chi connectivity index (χ4n) is 1.65. The highest BCUT2D eigenvalue weighted by molar-refractivity contribution is 6.00. The van der Waals surface area contributed by atoms with Crippen molar-refractivity contribution in [2.75, 3.05) is 0 Å². The van der Waals surface area contributed by atoms with Crippen molar-refractivity contribution in [1.82, 2.24) is 10.9 Å². The van der Waals surface area contributed by atoms with Gasteiger partial charge < -0.3 is 5.11 Å². The summed E-state index contributed by atoms with van der Waals surface area (Å²) >= 11 is 0. The molecule has 0 saturated carbocycles. The third-order valence-electron chi connectivity index (χ3n) is 2.87. The number of carbonyl (C=O) groups is 2. The minimum atomic E-state index is -0.672. The molecular weight excluding hydrogens is 275 g/mol. The molecule has 0 spiro atoms. The molecule has 108 valence electrons. The summed E-state index contributed by atoms with van der Waals surface area (Å²) in [5.41, 5.74) is 4.83. The van der Waals surface area contributed by atoms with E-state index in [-0.39, 0.29) is 16.9 Å². The summed E-state index contributed by atoms with van der Waals surface area (Å²) in [4.78, 5) is 23.5. The molecule has 0 radical (unpaired) electrons. The summed E-state index contributed by atoms with van der Waals surface area (Å²) in [5, 5.41) is 9.51. The van der Waals surface area contributed by atoms with Gasteiger partial charge in [0.2, 0.25) is 0 Å². The molecular formula is C15H13FN2O3. The molecule has 0 atom stereocenters. The topological polar surface area (TPSA) is 78.4 Å². The van der Waals surface area contributed by atoms with Gasteiger partial charge in [-0.1, -0.05) is 18.2 Å². The first-order valence-corrected chi connectivity index (χ1v) is 6.14. The fourth-order valence-corrected chi connectivity index (χ4v) is 1.65. The van der Waals surface area contributed by atoms with Crippen LogP contribution in [0.15, 0.2) is 42.5 Å². The van der Waals surface area contributed by atoms with Crippen LogP contribution in [0.1, 0.15) is 26.3 Å². The molecule has 0 aliphatic heterocycles. The number of hydrogen-bond acceptors (Lipinski definition) is 3. The normalized spacial score (nSPS) is 10.0. The van der Waals surface area contributed by atoms with E-state index in [1.54, 1.807) is 19.1 Å². The number of halogens is 1. The zero-order chi connectivity index (χ0) is 15.4. The molecule has 2 amide bonds. The molecule has 0 fully saturated rings. The minimum Gasteiger partial charge on any atom is -0.507 e. The van der Waals surface area contributed by atoms with Crippen LogP contribution >= 0.6 is 0 Å². The van der Waals surface area contributed by atoms with Gasteiger partial charge in [-0.15, -0.1) is 0 Å². The van der Waals surface area contributed by atoms with Crippen LogP contribution in [0, 0.1) is 12.7 Å². The quantitative estimate of drug-likeness (QED) is 0.739. The van der Waals surface area contributed by atoms with Gasteiger partial charge in [-0.05, 0) is 36.8 Å². The molecule has 2 aromatic rings. The smallest absolute Gasteiger partial charge is 0.273 e. The maximum absolute atomic E-state index is 13.4. The number of hydrazine groups is 1. The molecule has 0 bridgehead atoms. The molecule has 0 aromatic heterocycles. The van der Waals surface area contributed by atoms with Crippen molar-refractivity contribution in [3.8, 4) is 5.75 Å². The van der Waals surface area contributed by atoms with Crippen LogP contribution in [0.25, 0.3) is 0 Å². The van der Waals surface area contributed by atoms with Gasteiger partial charge >= 0.3 is 0 Å². The second-order valence-electron chi connectivity index (χ2n) is 4.39. The Labute approximate surface area is 120 Å². The van der Waals surface area contributed by atoms with Crippen LogP contribution in [0.3, 0.4) is 0 Å². The molecule has 2 aromatic carbocycles. The van der Waals surface area contributed by atoms with Crippen molar-refractivity contribution in [1.29, 1.82) is 0 Å². The lowest BCUT2D eigenvalue weighted by Crippen LogP contribution is -2.41. The van der Waals surface area contributed by atoms with Gasteiger partial charge in [0.25, 0.3) is 11.8 Å². The molecule has 5 nitrogen and oxygen atoms in total. The largest absolute Gasteiger partial charge is 0.507 e. The van der Waals surface area contributed by atoms with E-state index in [0.29, 0.717) is 5.56 Å². The Balaban J connectivity index is 2.02. The van der Waals surface area contributed by atoms with Gasteiger partial charge in [0.05, 0.1) is 5.56 Å². The number of aryl methyl sites for hydroxylation is 1. The molecule has 0 aliphatic rings. The zero-order valence-electron chi connectivity index (χ0n) is 11.2. The average molecular weight is 288 g/mol. The standard InChI is InChI=1S/C15H13FN2O3/c1-9-6-7-10(8-12(9)16)14(20)17-18-15(21)11-4-2-3-5-13(11)19/h2-8,19H,1H3,(H,17,20)(H,18,21). The van der Waals surface area contributed by atoms with E-state index >= 15 is 0 Å². The zero-order valence-corrected chi connectivity index (χ0v) is 11.2. The Kier molecular flexibility index (Phi) is 4.18. The van der Waals surface area contributed by atoms with E-state index < -0.39 is 17.6 Å². The van der Waals surface area contributed by atoms with E-state index in [1.807, 2.05) is 0 Å². The predicted octanol–water partition coefficient (Wildman–Crippen LogP) is 1.91. The van der Waals surface area contributed by atoms with Crippen molar-refractivity contribution in [2.45, 2.75) is 6.92 Å². The average Bonchev–Trinajstić information content (AvgIpc) is 2.47. The number of amides is 2. The lowest BCUT2D eigenvalue weighted by molar-refractivity contribution is 0.0845. The first kappa shape index (κ1) is 14.5. The van der Waals surface area contributed by atoms with Crippen LogP contribution < -0.4 is 10.9 Å². The van der Waals surface area contributed by atoms with Crippen LogP contribution in [0.5, 0.6) is 5.75 Å². The molecule has 0 saturated heterocycles. The lowest BCUT2D eigenvalue weighted by atomic mass is 10.1. The highest BCUT2D eigenvalue weighted by Crippen LogP contribution is 2.14. The lowest BCUT2D eigenvalue weighted by Gasteiger charge is -2.08. The SMILES string of the molecule is Cc1ccc(C(=O)NNC(=O)c2ccccc2O)cc1F. The third kappa shape index (κ3) is 3.36. The van der Waals surface area contributed by atoms with Crippen LogP contribution in [0.2, 0.25) is 0 Å². The van der Waals surface area contributed by atoms with Crippen LogP contribution in [0.4, 0.5) is 4.39 Å². The Morgan fingerprint density at radius 3 is 2.38 bits per heavy atom. The summed E-state index contributed by atoms with van der Waals surface area (Å²) < 4.78 is 13.4. The second kappa shape index (κ2) is 6.04. The van der Waals surface area contributed by atoms with Gasteiger partial charge in [-0.2, -0.15) is 0 Å². The van der Waals surface area contributed by atoms with E-state index in [2.05, 4.69) is 10.9 Å².